The highest BCUT2D eigenvalue weighted by Gasteiger charge is 2.05. The van der Waals surface area contributed by atoms with Gasteiger partial charge >= 0.3 is 0 Å². The topological polar surface area (TPSA) is 29.1 Å². The van der Waals surface area contributed by atoms with Crippen molar-refractivity contribution >= 4 is 34.0 Å². The maximum Gasteiger partial charge on any atom is 0.224 e. The largest absolute Gasteiger partial charge is 0.326 e. The first-order valence-electron chi connectivity index (χ1n) is 5.19. The Morgan fingerprint density at radius 3 is 2.56 bits per heavy atom. The van der Waals surface area contributed by atoms with Gasteiger partial charge in [-0.3, -0.25) is 4.79 Å². The van der Waals surface area contributed by atoms with E-state index in [1.54, 1.807) is 6.07 Å². The molecule has 0 fully saturated rings. The van der Waals surface area contributed by atoms with Gasteiger partial charge in [0.2, 0.25) is 5.91 Å². The molecule has 2 nitrogen and oxygen atoms in total. The summed E-state index contributed by atoms with van der Waals surface area (Å²) in [5.41, 5.74) is 0.812. The highest BCUT2D eigenvalue weighted by Crippen LogP contribution is 2.29. The van der Waals surface area contributed by atoms with Gasteiger partial charge in [0.1, 0.15) is 0 Å². The smallest absolute Gasteiger partial charge is 0.224 e. The molecule has 1 amide bonds. The number of hydrogen-bond acceptors (Lipinski definition) is 1. The number of carbonyl (C=O) groups is 1. The van der Waals surface area contributed by atoms with Crippen molar-refractivity contribution in [3.63, 3.8) is 0 Å². The van der Waals surface area contributed by atoms with Gasteiger partial charge in [-0.15, -0.1) is 0 Å². The van der Waals surface area contributed by atoms with Crippen molar-refractivity contribution in [2.75, 3.05) is 5.32 Å². The molecule has 0 aliphatic rings. The van der Waals surface area contributed by atoms with E-state index in [1.165, 1.54) is 0 Å². The Bertz CT molecular complexity index is 536. The Morgan fingerprint density at radius 2 is 1.88 bits per heavy atom. The van der Waals surface area contributed by atoms with Gasteiger partial charge in [-0.05, 0) is 12.1 Å². The lowest BCUT2D eigenvalue weighted by molar-refractivity contribution is -0.115. The average Bonchev–Trinajstić information content (AvgIpc) is 2.33. The maximum atomic E-state index is 11.4. The summed E-state index contributed by atoms with van der Waals surface area (Å²) < 4.78 is 0. The summed E-state index contributed by atoms with van der Waals surface area (Å²) in [6.45, 7) is 1.83. The maximum absolute atomic E-state index is 11.4. The standard InChI is InChI=1S/C13H12ClNO/c1-2-13(16)15-12-8-7-11(14)9-5-3-4-6-10(9)12/h3-8H,2H2,1H3,(H,15,16). The molecule has 0 aromatic heterocycles. The highest BCUT2D eigenvalue weighted by atomic mass is 35.5. The number of anilines is 1. The molecule has 16 heavy (non-hydrogen) atoms. The zero-order chi connectivity index (χ0) is 11.5. The quantitative estimate of drug-likeness (QED) is 0.839. The molecule has 0 aliphatic carbocycles. The minimum absolute atomic E-state index is 0.00692. The predicted molar refractivity (Wildman–Crippen MR) is 67.9 cm³/mol. The van der Waals surface area contributed by atoms with E-state index in [1.807, 2.05) is 37.3 Å². The third kappa shape index (κ3) is 2.02. The van der Waals surface area contributed by atoms with E-state index in [2.05, 4.69) is 5.32 Å². The first kappa shape index (κ1) is 11.0. The molecule has 2 aromatic rings. The van der Waals surface area contributed by atoms with Gasteiger partial charge in [-0.2, -0.15) is 0 Å². The zero-order valence-corrected chi connectivity index (χ0v) is 9.71. The van der Waals surface area contributed by atoms with E-state index in [4.69, 9.17) is 11.6 Å². The zero-order valence-electron chi connectivity index (χ0n) is 8.96. The minimum Gasteiger partial charge on any atom is -0.326 e. The lowest BCUT2D eigenvalue weighted by atomic mass is 10.1. The molecule has 0 aliphatic heterocycles. The summed E-state index contributed by atoms with van der Waals surface area (Å²) in [4.78, 5) is 11.4. The molecular weight excluding hydrogens is 222 g/mol. The van der Waals surface area contributed by atoms with Crippen molar-refractivity contribution in [1.82, 2.24) is 0 Å². The summed E-state index contributed by atoms with van der Waals surface area (Å²) >= 11 is 6.09. The van der Waals surface area contributed by atoms with E-state index in [0.29, 0.717) is 11.4 Å². The summed E-state index contributed by atoms with van der Waals surface area (Å²) in [7, 11) is 0. The average molecular weight is 234 g/mol. The van der Waals surface area contributed by atoms with Crippen LogP contribution in [0, 0.1) is 0 Å². The number of fused-ring (bicyclic) bond motifs is 1. The van der Waals surface area contributed by atoms with Gasteiger partial charge in [0.15, 0.2) is 0 Å². The lowest BCUT2D eigenvalue weighted by Crippen LogP contribution is -2.09. The van der Waals surface area contributed by atoms with Crippen LogP contribution in [0.15, 0.2) is 36.4 Å². The van der Waals surface area contributed by atoms with Gasteiger partial charge < -0.3 is 5.32 Å². The van der Waals surface area contributed by atoms with E-state index < -0.39 is 0 Å². The second-order valence-electron chi connectivity index (χ2n) is 3.54. The summed E-state index contributed by atoms with van der Waals surface area (Å²) in [5, 5.41) is 5.49. The Hall–Kier alpha value is -1.54. The van der Waals surface area contributed by atoms with E-state index in [0.717, 1.165) is 16.5 Å². The van der Waals surface area contributed by atoms with Crippen molar-refractivity contribution in [3.05, 3.63) is 41.4 Å². The normalized spacial score (nSPS) is 10.4. The molecule has 0 atom stereocenters. The van der Waals surface area contributed by atoms with Crippen molar-refractivity contribution < 1.29 is 4.79 Å². The van der Waals surface area contributed by atoms with Crippen molar-refractivity contribution in [3.8, 4) is 0 Å². The van der Waals surface area contributed by atoms with Gasteiger partial charge in [0.05, 0.1) is 0 Å². The van der Waals surface area contributed by atoms with Crippen LogP contribution in [0.3, 0.4) is 0 Å². The molecule has 0 unspecified atom stereocenters. The Kier molecular flexibility index (Phi) is 3.11. The van der Waals surface area contributed by atoms with Crippen LogP contribution < -0.4 is 5.32 Å². The second-order valence-corrected chi connectivity index (χ2v) is 3.95. The second kappa shape index (κ2) is 4.54. The molecule has 2 aromatic carbocycles. The van der Waals surface area contributed by atoms with Crippen LogP contribution in [0.5, 0.6) is 0 Å². The van der Waals surface area contributed by atoms with Crippen molar-refractivity contribution in [1.29, 1.82) is 0 Å². The first-order valence-corrected chi connectivity index (χ1v) is 5.57. The number of rotatable bonds is 2. The van der Waals surface area contributed by atoms with Crippen molar-refractivity contribution in [2.24, 2.45) is 0 Å². The first-order chi connectivity index (χ1) is 7.72. The van der Waals surface area contributed by atoms with Crippen molar-refractivity contribution in [2.45, 2.75) is 13.3 Å². The predicted octanol–water partition coefficient (Wildman–Crippen LogP) is 3.84. The van der Waals surface area contributed by atoms with Crippen LogP contribution >= 0.6 is 11.6 Å². The van der Waals surface area contributed by atoms with Gasteiger partial charge in [0.25, 0.3) is 0 Å². The molecule has 82 valence electrons. The molecule has 0 heterocycles. The van der Waals surface area contributed by atoms with Gasteiger partial charge in [-0.1, -0.05) is 42.8 Å². The number of halogens is 1. The van der Waals surface area contributed by atoms with E-state index in [-0.39, 0.29) is 5.91 Å². The summed E-state index contributed by atoms with van der Waals surface area (Å²) in [6, 6.07) is 11.4. The molecule has 0 saturated heterocycles. The monoisotopic (exact) mass is 233 g/mol. The third-order valence-electron chi connectivity index (χ3n) is 2.47. The summed E-state index contributed by atoms with van der Waals surface area (Å²) in [5.74, 6) is 0.00692. The minimum atomic E-state index is 0.00692. The molecule has 2 rings (SSSR count). The Labute approximate surface area is 99.2 Å². The number of hydrogen-bond donors (Lipinski definition) is 1. The third-order valence-corrected chi connectivity index (χ3v) is 2.80. The number of benzene rings is 2. The van der Waals surface area contributed by atoms with Crippen LogP contribution in [-0.4, -0.2) is 5.91 Å². The van der Waals surface area contributed by atoms with Gasteiger partial charge in [0, 0.05) is 27.9 Å². The fraction of sp³-hybridized carbons (Fsp3) is 0.154. The molecule has 0 spiro atoms. The Balaban J connectivity index is 2.54. The number of amides is 1. The number of carbonyl (C=O) groups excluding carboxylic acids is 1. The van der Waals surface area contributed by atoms with E-state index in [9.17, 15) is 4.79 Å². The molecule has 0 saturated carbocycles. The Morgan fingerprint density at radius 1 is 1.19 bits per heavy atom. The molecule has 0 bridgehead atoms. The fourth-order valence-electron chi connectivity index (χ4n) is 1.61. The molecule has 3 heteroatoms. The molecule has 1 N–H and O–H groups in total. The van der Waals surface area contributed by atoms with Gasteiger partial charge in [-0.25, -0.2) is 0 Å². The summed E-state index contributed by atoms with van der Waals surface area (Å²) in [6.07, 6.45) is 0.469. The molecule has 0 radical (unpaired) electrons. The van der Waals surface area contributed by atoms with Crippen LogP contribution in [0.25, 0.3) is 10.8 Å². The highest BCUT2D eigenvalue weighted by molar-refractivity contribution is 6.36. The lowest BCUT2D eigenvalue weighted by Gasteiger charge is -2.08. The molecular formula is C13H12ClNO. The SMILES string of the molecule is CCC(=O)Nc1ccc(Cl)c2ccccc12. The van der Waals surface area contributed by atoms with Crippen LogP contribution in [0.1, 0.15) is 13.3 Å². The fourth-order valence-corrected chi connectivity index (χ4v) is 1.84. The van der Waals surface area contributed by atoms with Crippen LogP contribution in [-0.2, 0) is 4.79 Å². The van der Waals surface area contributed by atoms with Crippen LogP contribution in [0.4, 0.5) is 5.69 Å². The van der Waals surface area contributed by atoms with E-state index >= 15 is 0 Å². The number of nitrogens with one attached hydrogen (secondary N) is 1. The van der Waals surface area contributed by atoms with Crippen LogP contribution in [0.2, 0.25) is 5.02 Å².